The van der Waals surface area contributed by atoms with E-state index in [2.05, 4.69) is 5.32 Å². The Hall–Kier alpha value is -2.51. The maximum atomic E-state index is 11.1. The van der Waals surface area contributed by atoms with E-state index in [-0.39, 0.29) is 0 Å². The summed E-state index contributed by atoms with van der Waals surface area (Å²) in [7, 11) is 0. The largest absolute Gasteiger partial charge is 0.366 e. The summed E-state index contributed by atoms with van der Waals surface area (Å²) in [5, 5.41) is 12.3. The molecule has 4 nitrogen and oxygen atoms in total. The number of carbonyl (C=O) groups is 1. The number of halogens is 1. The summed E-state index contributed by atoms with van der Waals surface area (Å²) >= 11 is 6.06. The van der Waals surface area contributed by atoms with Gasteiger partial charge in [-0.1, -0.05) is 17.7 Å². The van der Waals surface area contributed by atoms with Gasteiger partial charge in [0.15, 0.2) is 0 Å². The summed E-state index contributed by atoms with van der Waals surface area (Å²) in [5.41, 5.74) is 7.47. The number of nitrogens with one attached hydrogen (secondary N) is 1. The number of amides is 1. The van der Waals surface area contributed by atoms with Gasteiger partial charge in [0.2, 0.25) is 5.91 Å². The predicted octanol–water partition coefficient (Wildman–Crippen LogP) is 3.05. The summed E-state index contributed by atoms with van der Waals surface area (Å²) in [4.78, 5) is 11.1. The first-order chi connectivity index (χ1) is 9.10. The number of hydrogen-bond acceptors (Lipinski definition) is 3. The molecule has 1 amide bonds. The van der Waals surface area contributed by atoms with Gasteiger partial charge >= 0.3 is 0 Å². The molecule has 0 aliphatic rings. The number of anilines is 2. The molecule has 0 fully saturated rings. The standard InChI is InChI=1S/C14H10ClN3O/c15-12-6-9(8-16)4-5-13(12)18-11-3-1-2-10(7-11)14(17)19/h1-7,18H,(H2,17,19). The van der Waals surface area contributed by atoms with Crippen LogP contribution in [0.15, 0.2) is 42.5 Å². The van der Waals surface area contributed by atoms with Crippen LogP contribution in [0.25, 0.3) is 0 Å². The minimum Gasteiger partial charge on any atom is -0.366 e. The Balaban J connectivity index is 2.29. The van der Waals surface area contributed by atoms with Gasteiger partial charge in [-0.15, -0.1) is 0 Å². The smallest absolute Gasteiger partial charge is 0.248 e. The van der Waals surface area contributed by atoms with Gasteiger partial charge in [0.1, 0.15) is 0 Å². The first-order valence-electron chi connectivity index (χ1n) is 5.46. The van der Waals surface area contributed by atoms with Crippen LogP contribution >= 0.6 is 11.6 Å². The zero-order valence-corrected chi connectivity index (χ0v) is 10.6. The van der Waals surface area contributed by atoms with E-state index in [1.54, 1.807) is 42.5 Å². The lowest BCUT2D eigenvalue weighted by atomic mass is 10.1. The second-order valence-electron chi connectivity index (χ2n) is 3.88. The molecule has 0 radical (unpaired) electrons. The van der Waals surface area contributed by atoms with Crippen molar-refractivity contribution in [3.8, 4) is 6.07 Å². The van der Waals surface area contributed by atoms with Crippen LogP contribution < -0.4 is 11.1 Å². The third kappa shape index (κ3) is 3.03. The number of hydrogen-bond donors (Lipinski definition) is 2. The zero-order valence-electron chi connectivity index (χ0n) is 9.85. The van der Waals surface area contributed by atoms with Gasteiger partial charge in [0.05, 0.1) is 22.3 Å². The molecule has 94 valence electrons. The number of nitriles is 1. The Bertz CT molecular complexity index is 677. The molecular formula is C14H10ClN3O. The molecular weight excluding hydrogens is 262 g/mol. The quantitative estimate of drug-likeness (QED) is 0.900. The molecule has 0 atom stereocenters. The van der Waals surface area contributed by atoms with Gasteiger partial charge in [-0.3, -0.25) is 4.79 Å². The minimum absolute atomic E-state index is 0.412. The molecule has 0 bridgehead atoms. The molecule has 0 unspecified atom stereocenters. The van der Waals surface area contributed by atoms with Gasteiger partial charge in [-0.05, 0) is 36.4 Å². The molecule has 0 heterocycles. The van der Waals surface area contributed by atoms with E-state index < -0.39 is 5.91 Å². The Kier molecular flexibility index (Phi) is 3.69. The fourth-order valence-electron chi connectivity index (χ4n) is 1.59. The van der Waals surface area contributed by atoms with Crippen LogP contribution in [-0.2, 0) is 0 Å². The molecule has 0 aliphatic carbocycles. The highest BCUT2D eigenvalue weighted by Crippen LogP contribution is 2.26. The van der Waals surface area contributed by atoms with E-state index >= 15 is 0 Å². The number of rotatable bonds is 3. The molecule has 0 aliphatic heterocycles. The van der Waals surface area contributed by atoms with Crippen molar-refractivity contribution in [1.82, 2.24) is 0 Å². The van der Waals surface area contributed by atoms with Crippen LogP contribution in [0.2, 0.25) is 5.02 Å². The SMILES string of the molecule is N#Cc1ccc(Nc2cccc(C(N)=O)c2)c(Cl)c1. The maximum absolute atomic E-state index is 11.1. The molecule has 2 rings (SSSR count). The lowest BCUT2D eigenvalue weighted by molar-refractivity contribution is 0.100. The lowest BCUT2D eigenvalue weighted by Gasteiger charge is -2.09. The first kappa shape index (κ1) is 12.9. The Labute approximate surface area is 115 Å². The van der Waals surface area contributed by atoms with Gasteiger partial charge in [0, 0.05) is 11.3 Å². The molecule has 2 aromatic rings. The van der Waals surface area contributed by atoms with E-state index in [9.17, 15) is 4.79 Å². The third-order valence-electron chi connectivity index (χ3n) is 2.52. The lowest BCUT2D eigenvalue weighted by Crippen LogP contribution is -2.10. The van der Waals surface area contributed by atoms with Gasteiger partial charge in [-0.2, -0.15) is 5.26 Å². The normalized spacial score (nSPS) is 9.68. The number of benzene rings is 2. The number of primary amides is 1. The van der Waals surface area contributed by atoms with Gasteiger partial charge in [0.25, 0.3) is 0 Å². The van der Waals surface area contributed by atoms with Crippen molar-refractivity contribution in [2.75, 3.05) is 5.32 Å². The summed E-state index contributed by atoms with van der Waals surface area (Å²) in [6.07, 6.45) is 0. The highest BCUT2D eigenvalue weighted by molar-refractivity contribution is 6.33. The first-order valence-corrected chi connectivity index (χ1v) is 5.84. The average molecular weight is 272 g/mol. The minimum atomic E-state index is -0.491. The topological polar surface area (TPSA) is 78.9 Å². The summed E-state index contributed by atoms with van der Waals surface area (Å²) in [5.74, 6) is -0.491. The van der Waals surface area contributed by atoms with Crippen LogP contribution in [0.3, 0.4) is 0 Å². The molecule has 0 saturated carbocycles. The Morgan fingerprint density at radius 2 is 2.05 bits per heavy atom. The van der Waals surface area contributed by atoms with Crippen molar-refractivity contribution >= 4 is 28.9 Å². The zero-order chi connectivity index (χ0) is 13.8. The number of carbonyl (C=O) groups excluding carboxylic acids is 1. The maximum Gasteiger partial charge on any atom is 0.248 e. The van der Waals surface area contributed by atoms with Crippen LogP contribution in [-0.4, -0.2) is 5.91 Å². The summed E-state index contributed by atoms with van der Waals surface area (Å²) in [6, 6.07) is 13.7. The van der Waals surface area contributed by atoms with Gasteiger partial charge in [-0.25, -0.2) is 0 Å². The average Bonchev–Trinajstić information content (AvgIpc) is 2.41. The highest BCUT2D eigenvalue weighted by Gasteiger charge is 2.04. The molecule has 3 N–H and O–H groups in total. The second kappa shape index (κ2) is 5.42. The van der Waals surface area contributed by atoms with Crippen molar-refractivity contribution in [2.45, 2.75) is 0 Å². The van der Waals surface area contributed by atoms with Crippen molar-refractivity contribution in [1.29, 1.82) is 5.26 Å². The number of nitrogens with zero attached hydrogens (tertiary/aromatic N) is 1. The Morgan fingerprint density at radius 3 is 2.68 bits per heavy atom. The van der Waals surface area contributed by atoms with Crippen LogP contribution in [0.5, 0.6) is 0 Å². The number of nitrogens with two attached hydrogens (primary N) is 1. The molecule has 5 heteroatoms. The molecule has 2 aromatic carbocycles. The molecule has 0 aromatic heterocycles. The van der Waals surface area contributed by atoms with Crippen molar-refractivity contribution in [2.24, 2.45) is 5.73 Å². The van der Waals surface area contributed by atoms with E-state index in [0.29, 0.717) is 27.5 Å². The predicted molar refractivity (Wildman–Crippen MR) is 74.4 cm³/mol. The van der Waals surface area contributed by atoms with Gasteiger partial charge < -0.3 is 11.1 Å². The van der Waals surface area contributed by atoms with Crippen molar-refractivity contribution in [3.63, 3.8) is 0 Å². The van der Waals surface area contributed by atoms with Crippen LogP contribution in [0, 0.1) is 11.3 Å². The van der Waals surface area contributed by atoms with E-state index in [1.807, 2.05) is 6.07 Å². The highest BCUT2D eigenvalue weighted by atomic mass is 35.5. The fraction of sp³-hybridized carbons (Fsp3) is 0. The van der Waals surface area contributed by atoms with Crippen molar-refractivity contribution < 1.29 is 4.79 Å². The van der Waals surface area contributed by atoms with Crippen LogP contribution in [0.4, 0.5) is 11.4 Å². The molecule has 0 spiro atoms. The third-order valence-corrected chi connectivity index (χ3v) is 2.84. The van der Waals surface area contributed by atoms with E-state index in [4.69, 9.17) is 22.6 Å². The molecule has 0 saturated heterocycles. The van der Waals surface area contributed by atoms with Crippen LogP contribution in [0.1, 0.15) is 15.9 Å². The van der Waals surface area contributed by atoms with Crippen molar-refractivity contribution in [3.05, 3.63) is 58.6 Å². The van der Waals surface area contributed by atoms with E-state index in [1.165, 1.54) is 0 Å². The summed E-state index contributed by atoms with van der Waals surface area (Å²) in [6.45, 7) is 0. The monoisotopic (exact) mass is 271 g/mol. The Morgan fingerprint density at radius 1 is 1.26 bits per heavy atom. The molecule has 19 heavy (non-hydrogen) atoms. The van der Waals surface area contributed by atoms with E-state index in [0.717, 1.165) is 0 Å². The fourth-order valence-corrected chi connectivity index (χ4v) is 1.82. The summed E-state index contributed by atoms with van der Waals surface area (Å²) < 4.78 is 0. The second-order valence-corrected chi connectivity index (χ2v) is 4.28.